The van der Waals surface area contributed by atoms with Gasteiger partial charge in [-0.2, -0.15) is 0 Å². The third-order valence-corrected chi connectivity index (χ3v) is 2.48. The van der Waals surface area contributed by atoms with Crippen molar-refractivity contribution in [3.8, 4) is 5.75 Å². The Bertz CT molecular complexity index is 523. The highest BCUT2D eigenvalue weighted by Gasteiger charge is 2.04. The molecule has 0 fully saturated rings. The lowest BCUT2D eigenvalue weighted by Crippen LogP contribution is -2.14. The molecule has 0 unspecified atom stereocenters. The number of carbonyl (C=O) groups is 1. The molecule has 0 aliphatic rings. The molecule has 2 N–H and O–H groups in total. The van der Waals surface area contributed by atoms with Crippen LogP contribution in [0.1, 0.15) is 5.56 Å². The third-order valence-electron chi connectivity index (χ3n) is 2.48. The van der Waals surface area contributed by atoms with Crippen molar-refractivity contribution in [1.82, 2.24) is 0 Å². The molecule has 4 heteroatoms. The fourth-order valence-electron chi connectivity index (χ4n) is 1.49. The number of benzene rings is 2. The Kier molecular flexibility index (Phi) is 4.39. The molecule has 0 radical (unpaired) electrons. The van der Waals surface area contributed by atoms with E-state index in [0.29, 0.717) is 11.4 Å². The number of nitrogens with two attached hydrogens (primary N) is 1. The van der Waals surface area contributed by atoms with E-state index in [1.165, 1.54) is 0 Å². The van der Waals surface area contributed by atoms with E-state index in [2.05, 4.69) is 0 Å². The van der Waals surface area contributed by atoms with E-state index >= 15 is 0 Å². The van der Waals surface area contributed by atoms with Gasteiger partial charge >= 0.3 is 5.97 Å². The first kappa shape index (κ1) is 13.0. The van der Waals surface area contributed by atoms with Crippen LogP contribution in [0.4, 0.5) is 5.69 Å². The van der Waals surface area contributed by atoms with Gasteiger partial charge in [-0.15, -0.1) is 0 Å². The van der Waals surface area contributed by atoms with Crippen molar-refractivity contribution in [2.24, 2.45) is 0 Å². The predicted octanol–water partition coefficient (Wildman–Crippen LogP) is 2.39. The molecule has 2 aromatic carbocycles. The standard InChI is InChI=1S/C15H15NO3/c16-13-6-8-14(9-7-13)18-11-15(17)19-10-12-4-2-1-3-5-12/h1-9H,10-11,16H2. The third kappa shape index (κ3) is 4.35. The van der Waals surface area contributed by atoms with Crippen molar-refractivity contribution in [3.63, 3.8) is 0 Å². The van der Waals surface area contributed by atoms with Crippen LogP contribution >= 0.6 is 0 Å². The highest BCUT2D eigenvalue weighted by Crippen LogP contribution is 2.13. The Labute approximate surface area is 111 Å². The molecule has 0 aromatic heterocycles. The van der Waals surface area contributed by atoms with Crippen molar-refractivity contribution in [2.45, 2.75) is 6.61 Å². The second kappa shape index (κ2) is 6.44. The first-order valence-corrected chi connectivity index (χ1v) is 5.92. The van der Waals surface area contributed by atoms with Gasteiger partial charge in [-0.3, -0.25) is 0 Å². The number of rotatable bonds is 5. The van der Waals surface area contributed by atoms with E-state index < -0.39 is 5.97 Å². The SMILES string of the molecule is Nc1ccc(OCC(=O)OCc2ccccc2)cc1. The van der Waals surface area contributed by atoms with Gasteiger partial charge in [0.1, 0.15) is 12.4 Å². The lowest BCUT2D eigenvalue weighted by Gasteiger charge is -2.07. The first-order chi connectivity index (χ1) is 9.24. The summed E-state index contributed by atoms with van der Waals surface area (Å²) in [4.78, 5) is 11.5. The summed E-state index contributed by atoms with van der Waals surface area (Å²) in [5, 5.41) is 0. The maximum absolute atomic E-state index is 11.5. The van der Waals surface area contributed by atoms with Gasteiger partial charge in [0.05, 0.1) is 0 Å². The van der Waals surface area contributed by atoms with E-state index in [1.54, 1.807) is 24.3 Å². The minimum Gasteiger partial charge on any atom is -0.482 e. The molecular weight excluding hydrogens is 242 g/mol. The van der Waals surface area contributed by atoms with Gasteiger partial charge in [-0.1, -0.05) is 30.3 Å². The Morgan fingerprint density at radius 2 is 1.68 bits per heavy atom. The van der Waals surface area contributed by atoms with E-state index in [4.69, 9.17) is 15.2 Å². The van der Waals surface area contributed by atoms with Crippen LogP contribution < -0.4 is 10.5 Å². The number of ether oxygens (including phenoxy) is 2. The van der Waals surface area contributed by atoms with Gasteiger partial charge < -0.3 is 15.2 Å². The molecule has 4 nitrogen and oxygen atoms in total. The van der Waals surface area contributed by atoms with Crippen LogP contribution in [0.2, 0.25) is 0 Å². The average Bonchev–Trinajstić information content (AvgIpc) is 2.45. The molecule has 0 aliphatic heterocycles. The summed E-state index contributed by atoms with van der Waals surface area (Å²) in [6.45, 7) is 0.140. The highest BCUT2D eigenvalue weighted by atomic mass is 16.6. The van der Waals surface area contributed by atoms with Crippen LogP contribution in [-0.2, 0) is 16.1 Å². The predicted molar refractivity (Wildman–Crippen MR) is 72.6 cm³/mol. The lowest BCUT2D eigenvalue weighted by molar-refractivity contribution is -0.147. The molecule has 98 valence electrons. The van der Waals surface area contributed by atoms with E-state index in [1.807, 2.05) is 30.3 Å². The minimum absolute atomic E-state index is 0.114. The fourth-order valence-corrected chi connectivity index (χ4v) is 1.49. The summed E-state index contributed by atoms with van der Waals surface area (Å²) < 4.78 is 10.4. The number of hydrogen-bond donors (Lipinski definition) is 1. The average molecular weight is 257 g/mol. The Morgan fingerprint density at radius 3 is 2.37 bits per heavy atom. The first-order valence-electron chi connectivity index (χ1n) is 5.92. The largest absolute Gasteiger partial charge is 0.482 e. The number of esters is 1. The fraction of sp³-hybridized carbons (Fsp3) is 0.133. The summed E-state index contributed by atoms with van der Waals surface area (Å²) in [5.41, 5.74) is 7.15. The number of nitrogen functional groups attached to an aromatic ring is 1. The van der Waals surface area contributed by atoms with Gasteiger partial charge in [0, 0.05) is 5.69 Å². The van der Waals surface area contributed by atoms with Gasteiger partial charge in [0.15, 0.2) is 6.61 Å². The van der Waals surface area contributed by atoms with Gasteiger partial charge in [0.2, 0.25) is 0 Å². The number of hydrogen-bond acceptors (Lipinski definition) is 4. The molecule has 19 heavy (non-hydrogen) atoms. The molecular formula is C15H15NO3. The maximum Gasteiger partial charge on any atom is 0.344 e. The zero-order valence-electron chi connectivity index (χ0n) is 10.4. The zero-order chi connectivity index (χ0) is 13.5. The summed E-state index contributed by atoms with van der Waals surface area (Å²) in [7, 11) is 0. The number of anilines is 1. The van der Waals surface area contributed by atoms with Crippen molar-refractivity contribution in [1.29, 1.82) is 0 Å². The summed E-state index contributed by atoms with van der Waals surface area (Å²) in [6, 6.07) is 16.3. The number of carbonyl (C=O) groups excluding carboxylic acids is 1. The van der Waals surface area contributed by atoms with Crippen molar-refractivity contribution in [3.05, 3.63) is 60.2 Å². The molecule has 0 atom stereocenters. The monoisotopic (exact) mass is 257 g/mol. The Morgan fingerprint density at radius 1 is 1.00 bits per heavy atom. The van der Waals surface area contributed by atoms with Gasteiger partial charge in [0.25, 0.3) is 0 Å². The Balaban J connectivity index is 1.74. The topological polar surface area (TPSA) is 61.5 Å². The highest BCUT2D eigenvalue weighted by molar-refractivity contribution is 5.71. The second-order valence-electron chi connectivity index (χ2n) is 4.00. The normalized spacial score (nSPS) is 9.89. The van der Waals surface area contributed by atoms with E-state index in [9.17, 15) is 4.79 Å². The quantitative estimate of drug-likeness (QED) is 0.660. The Hall–Kier alpha value is -2.49. The second-order valence-corrected chi connectivity index (χ2v) is 4.00. The lowest BCUT2D eigenvalue weighted by atomic mass is 10.2. The van der Waals surface area contributed by atoms with Crippen LogP contribution in [0.3, 0.4) is 0 Å². The molecule has 0 aliphatic carbocycles. The van der Waals surface area contributed by atoms with Crippen molar-refractivity contribution in [2.75, 3.05) is 12.3 Å². The molecule has 0 heterocycles. The molecule has 2 aromatic rings. The minimum atomic E-state index is -0.402. The van der Waals surface area contributed by atoms with Gasteiger partial charge in [-0.05, 0) is 29.8 Å². The van der Waals surface area contributed by atoms with Crippen molar-refractivity contribution >= 4 is 11.7 Å². The smallest absolute Gasteiger partial charge is 0.344 e. The summed E-state index contributed by atoms with van der Waals surface area (Å²) in [5.74, 6) is 0.187. The van der Waals surface area contributed by atoms with Gasteiger partial charge in [-0.25, -0.2) is 4.79 Å². The van der Waals surface area contributed by atoms with Crippen LogP contribution in [0.25, 0.3) is 0 Å². The molecule has 2 rings (SSSR count). The van der Waals surface area contributed by atoms with Crippen LogP contribution in [-0.4, -0.2) is 12.6 Å². The molecule has 0 saturated heterocycles. The molecule has 0 saturated carbocycles. The summed E-state index contributed by atoms with van der Waals surface area (Å²) in [6.07, 6.45) is 0. The zero-order valence-corrected chi connectivity index (χ0v) is 10.4. The van der Waals surface area contributed by atoms with E-state index in [0.717, 1.165) is 5.56 Å². The van der Waals surface area contributed by atoms with Crippen LogP contribution in [0.5, 0.6) is 5.75 Å². The molecule has 0 amide bonds. The molecule has 0 bridgehead atoms. The van der Waals surface area contributed by atoms with Crippen LogP contribution in [0.15, 0.2) is 54.6 Å². The van der Waals surface area contributed by atoms with Crippen molar-refractivity contribution < 1.29 is 14.3 Å². The van der Waals surface area contributed by atoms with E-state index in [-0.39, 0.29) is 13.2 Å². The van der Waals surface area contributed by atoms with Crippen LogP contribution in [0, 0.1) is 0 Å². The maximum atomic E-state index is 11.5. The summed E-state index contributed by atoms with van der Waals surface area (Å²) >= 11 is 0. The molecule has 0 spiro atoms.